The summed E-state index contributed by atoms with van der Waals surface area (Å²) in [7, 11) is -0.962. The molecule has 0 saturated carbocycles. The Hall–Kier alpha value is -3.92. The third-order valence-electron chi connectivity index (χ3n) is 6.79. The average molecular weight is 670 g/mol. The van der Waals surface area contributed by atoms with E-state index < -0.39 is 28.1 Å². The molecule has 0 aromatic heterocycles. The van der Waals surface area contributed by atoms with Crippen LogP contribution in [0.3, 0.4) is 0 Å². The molecule has 0 heterocycles. The molecule has 4 aromatic rings. The SMILES string of the molecule is CN(C)C(=O)c1cccc(CCC(=O)c2cccc3cc(N(CC(=O)OC(C)(C)C)S(=O)(=O)c4cc(Cl)cc(Cl)c4)ccc23)c1. The maximum Gasteiger partial charge on any atom is 0.327 e. The van der Waals surface area contributed by atoms with Gasteiger partial charge in [-0.3, -0.25) is 18.7 Å². The van der Waals surface area contributed by atoms with Crippen LogP contribution >= 0.6 is 23.2 Å². The number of carbonyl (C=O) groups excluding carboxylic acids is 3. The van der Waals surface area contributed by atoms with Crippen LogP contribution in [0.15, 0.2) is 83.8 Å². The van der Waals surface area contributed by atoms with E-state index in [-0.39, 0.29) is 38.7 Å². The molecule has 0 aliphatic carbocycles. The van der Waals surface area contributed by atoms with E-state index >= 15 is 0 Å². The molecule has 45 heavy (non-hydrogen) atoms. The van der Waals surface area contributed by atoms with Crippen molar-refractivity contribution in [3.8, 4) is 0 Å². The van der Waals surface area contributed by atoms with Gasteiger partial charge in [-0.2, -0.15) is 0 Å². The van der Waals surface area contributed by atoms with Crippen LogP contribution in [0.2, 0.25) is 10.0 Å². The molecule has 0 spiro atoms. The topological polar surface area (TPSA) is 101 Å². The lowest BCUT2D eigenvalue weighted by atomic mass is 9.96. The van der Waals surface area contributed by atoms with E-state index in [1.807, 2.05) is 6.07 Å². The Bertz CT molecular complexity index is 1860. The van der Waals surface area contributed by atoms with Gasteiger partial charge in [0.25, 0.3) is 15.9 Å². The van der Waals surface area contributed by atoms with Crippen molar-refractivity contribution in [3.63, 3.8) is 0 Å². The predicted molar refractivity (Wildman–Crippen MR) is 178 cm³/mol. The molecule has 0 saturated heterocycles. The second kappa shape index (κ2) is 13.6. The first-order valence-corrected chi connectivity index (χ1v) is 16.3. The van der Waals surface area contributed by atoms with Crippen LogP contribution in [0, 0.1) is 0 Å². The number of Topliss-reactive ketones (excluding diaryl/α,β-unsaturated/α-hetero) is 1. The van der Waals surface area contributed by atoms with Crippen molar-refractivity contribution in [3.05, 3.63) is 106 Å². The van der Waals surface area contributed by atoms with Crippen molar-refractivity contribution in [2.24, 2.45) is 0 Å². The molecule has 11 heteroatoms. The van der Waals surface area contributed by atoms with E-state index in [1.54, 1.807) is 89.5 Å². The fourth-order valence-corrected chi connectivity index (χ4v) is 6.92. The Balaban J connectivity index is 1.67. The summed E-state index contributed by atoms with van der Waals surface area (Å²) < 4.78 is 34.2. The van der Waals surface area contributed by atoms with Gasteiger partial charge in [-0.25, -0.2) is 8.42 Å². The van der Waals surface area contributed by atoms with E-state index in [2.05, 4.69) is 0 Å². The minimum atomic E-state index is -4.33. The molecule has 1 amide bonds. The third-order valence-corrected chi connectivity index (χ3v) is 8.98. The van der Waals surface area contributed by atoms with Gasteiger partial charge in [-0.1, -0.05) is 59.6 Å². The molecule has 4 aromatic carbocycles. The highest BCUT2D eigenvalue weighted by Crippen LogP contribution is 2.32. The lowest BCUT2D eigenvalue weighted by Crippen LogP contribution is -2.39. The second-order valence-corrected chi connectivity index (χ2v) is 14.5. The van der Waals surface area contributed by atoms with Crippen molar-refractivity contribution >= 4 is 67.3 Å². The summed E-state index contributed by atoms with van der Waals surface area (Å²) in [4.78, 5) is 40.0. The first kappa shape index (κ1) is 34.0. The zero-order valence-electron chi connectivity index (χ0n) is 25.6. The Morgan fingerprint density at radius 3 is 2.16 bits per heavy atom. The van der Waals surface area contributed by atoms with Gasteiger partial charge in [-0.05, 0) is 86.0 Å². The summed E-state index contributed by atoms with van der Waals surface area (Å²) in [5, 5.41) is 1.47. The quantitative estimate of drug-likeness (QED) is 0.131. The molecule has 0 aliphatic heterocycles. The Morgan fingerprint density at radius 2 is 1.51 bits per heavy atom. The average Bonchev–Trinajstić information content (AvgIpc) is 2.96. The maximum absolute atomic E-state index is 13.9. The summed E-state index contributed by atoms with van der Waals surface area (Å²) >= 11 is 12.2. The van der Waals surface area contributed by atoms with Crippen LogP contribution < -0.4 is 4.31 Å². The van der Waals surface area contributed by atoms with Crippen molar-refractivity contribution in [1.82, 2.24) is 4.90 Å². The van der Waals surface area contributed by atoms with Crippen LogP contribution in [-0.2, 0) is 26.0 Å². The number of ether oxygens (including phenoxy) is 1. The zero-order valence-corrected chi connectivity index (χ0v) is 28.0. The fraction of sp³-hybridized carbons (Fsp3) is 0.265. The number of nitrogens with zero attached hydrogens (tertiary/aromatic N) is 2. The number of benzene rings is 4. The molecule has 0 atom stereocenters. The largest absolute Gasteiger partial charge is 0.459 e. The summed E-state index contributed by atoms with van der Waals surface area (Å²) in [5.41, 5.74) is 1.24. The van der Waals surface area contributed by atoms with Crippen molar-refractivity contribution in [2.45, 2.75) is 44.1 Å². The van der Waals surface area contributed by atoms with Gasteiger partial charge >= 0.3 is 5.97 Å². The zero-order chi connectivity index (χ0) is 33.1. The second-order valence-electron chi connectivity index (χ2n) is 11.7. The van der Waals surface area contributed by atoms with E-state index in [0.717, 1.165) is 9.87 Å². The number of rotatable bonds is 10. The van der Waals surface area contributed by atoms with Crippen molar-refractivity contribution in [1.29, 1.82) is 0 Å². The molecular formula is C34H34Cl2N2O6S. The first-order chi connectivity index (χ1) is 21.0. The van der Waals surface area contributed by atoms with Crippen molar-refractivity contribution in [2.75, 3.05) is 24.9 Å². The van der Waals surface area contributed by atoms with Gasteiger partial charge in [0.2, 0.25) is 0 Å². The van der Waals surface area contributed by atoms with E-state index in [9.17, 15) is 22.8 Å². The van der Waals surface area contributed by atoms with Crippen molar-refractivity contribution < 1.29 is 27.5 Å². The number of fused-ring (bicyclic) bond motifs is 1. The number of amides is 1. The number of hydrogen-bond donors (Lipinski definition) is 0. The Labute approximate surface area is 273 Å². The number of esters is 1. The molecule has 0 unspecified atom stereocenters. The summed E-state index contributed by atoms with van der Waals surface area (Å²) in [5.74, 6) is -0.974. The van der Waals surface area contributed by atoms with Crippen LogP contribution in [0.4, 0.5) is 5.69 Å². The standard InChI is InChI=1S/C34H34Cl2N2O6S/c1-34(2,3)44-32(40)21-38(45(42,43)28-19-25(35)18-26(36)20-28)27-13-14-29-23(17-27)9-7-11-30(29)31(39)15-12-22-8-6-10-24(16-22)33(41)37(4)5/h6-11,13-14,16-20H,12,15,21H2,1-5H3. The molecule has 0 bridgehead atoms. The summed E-state index contributed by atoms with van der Waals surface area (Å²) in [6, 6.07) is 21.2. The van der Waals surface area contributed by atoms with Gasteiger partial charge in [0.15, 0.2) is 5.78 Å². The van der Waals surface area contributed by atoms with Gasteiger partial charge in [0, 0.05) is 41.7 Å². The molecule has 8 nitrogen and oxygen atoms in total. The van der Waals surface area contributed by atoms with E-state index in [0.29, 0.717) is 28.3 Å². The molecule has 0 fully saturated rings. The normalized spacial score (nSPS) is 11.7. The number of anilines is 1. The van der Waals surface area contributed by atoms with Crippen LogP contribution in [0.25, 0.3) is 10.8 Å². The van der Waals surface area contributed by atoms with Crippen LogP contribution in [-0.4, -0.2) is 57.2 Å². The fourth-order valence-electron chi connectivity index (χ4n) is 4.79. The van der Waals surface area contributed by atoms with Gasteiger partial charge < -0.3 is 9.64 Å². The highest BCUT2D eigenvalue weighted by Gasteiger charge is 2.30. The van der Waals surface area contributed by atoms with E-state index in [1.165, 1.54) is 23.1 Å². The number of halogens is 2. The Morgan fingerprint density at radius 1 is 0.844 bits per heavy atom. The molecule has 0 N–H and O–H groups in total. The third kappa shape index (κ3) is 8.42. The predicted octanol–water partition coefficient (Wildman–Crippen LogP) is 7.20. The maximum atomic E-state index is 13.9. The lowest BCUT2D eigenvalue weighted by molar-refractivity contribution is -0.152. The minimum absolute atomic E-state index is 0.107. The smallest absolute Gasteiger partial charge is 0.327 e. The number of hydrogen-bond acceptors (Lipinski definition) is 6. The van der Waals surface area contributed by atoms with Crippen LogP contribution in [0.5, 0.6) is 0 Å². The molecule has 4 rings (SSSR count). The first-order valence-electron chi connectivity index (χ1n) is 14.1. The van der Waals surface area contributed by atoms with E-state index in [4.69, 9.17) is 27.9 Å². The lowest BCUT2D eigenvalue weighted by Gasteiger charge is -2.27. The van der Waals surface area contributed by atoms with Crippen LogP contribution in [0.1, 0.15) is 53.5 Å². The number of ketones is 1. The summed E-state index contributed by atoms with van der Waals surface area (Å²) in [6.07, 6.45) is 0.640. The number of aryl methyl sites for hydroxylation is 1. The minimum Gasteiger partial charge on any atom is -0.459 e. The monoisotopic (exact) mass is 668 g/mol. The van der Waals surface area contributed by atoms with Gasteiger partial charge in [-0.15, -0.1) is 0 Å². The number of carbonyl (C=O) groups is 3. The molecular weight excluding hydrogens is 635 g/mol. The van der Waals surface area contributed by atoms with Gasteiger partial charge in [0.05, 0.1) is 10.6 Å². The Kier molecular flexibility index (Phi) is 10.3. The number of sulfonamides is 1. The molecule has 0 aliphatic rings. The highest BCUT2D eigenvalue weighted by atomic mass is 35.5. The summed E-state index contributed by atoms with van der Waals surface area (Å²) in [6.45, 7) is 4.46. The highest BCUT2D eigenvalue weighted by molar-refractivity contribution is 7.92. The van der Waals surface area contributed by atoms with Gasteiger partial charge in [0.1, 0.15) is 12.1 Å². The molecule has 0 radical (unpaired) electrons. The molecule has 236 valence electrons.